The fourth-order valence-electron chi connectivity index (χ4n) is 4.27. The van der Waals surface area contributed by atoms with Crippen LogP contribution >= 0.6 is 12.4 Å². The van der Waals surface area contributed by atoms with E-state index >= 15 is 0 Å². The third kappa shape index (κ3) is 5.02. The van der Waals surface area contributed by atoms with Crippen molar-refractivity contribution in [1.29, 1.82) is 0 Å². The fraction of sp³-hybridized carbons (Fsp3) is 0.417. The van der Waals surface area contributed by atoms with E-state index in [9.17, 15) is 9.59 Å². The first kappa shape index (κ1) is 23.1. The Bertz CT molecular complexity index is 1130. The Morgan fingerprint density at radius 1 is 1.06 bits per heavy atom. The first-order valence-corrected chi connectivity index (χ1v) is 10.6. The van der Waals surface area contributed by atoms with Gasteiger partial charge in [-0.25, -0.2) is 0 Å². The van der Waals surface area contributed by atoms with Crippen LogP contribution in [0.1, 0.15) is 58.5 Å². The number of likely N-dealkylation sites (tertiary alicyclic amines) is 1. The van der Waals surface area contributed by atoms with Gasteiger partial charge in [-0.2, -0.15) is 0 Å². The quantitative estimate of drug-likeness (QED) is 0.617. The van der Waals surface area contributed by atoms with E-state index in [1.165, 1.54) is 12.5 Å². The number of benzene rings is 1. The smallest absolute Gasteiger partial charge is 0.287 e. The normalized spacial score (nSPS) is 15.5. The monoisotopic (exact) mass is 444 g/mol. The van der Waals surface area contributed by atoms with Crippen LogP contribution < -0.4 is 10.7 Å². The molecule has 7 heteroatoms. The molecule has 1 fully saturated rings. The molecule has 3 aromatic rings. The van der Waals surface area contributed by atoms with Crippen molar-refractivity contribution in [3.8, 4) is 0 Å². The van der Waals surface area contributed by atoms with E-state index in [4.69, 9.17) is 8.83 Å². The molecule has 1 amide bonds. The second-order valence-corrected chi connectivity index (χ2v) is 8.20. The van der Waals surface area contributed by atoms with Gasteiger partial charge < -0.3 is 14.2 Å². The Labute approximate surface area is 188 Å². The third-order valence-corrected chi connectivity index (χ3v) is 5.76. The number of aryl methyl sites for hydroxylation is 3. The molecule has 0 aliphatic carbocycles. The van der Waals surface area contributed by atoms with Gasteiger partial charge in [0.1, 0.15) is 17.1 Å². The second-order valence-electron chi connectivity index (χ2n) is 8.20. The zero-order valence-electron chi connectivity index (χ0n) is 18.2. The van der Waals surface area contributed by atoms with Crippen LogP contribution in [0.25, 0.3) is 11.0 Å². The van der Waals surface area contributed by atoms with Crippen LogP contribution in [0.5, 0.6) is 0 Å². The van der Waals surface area contributed by atoms with Gasteiger partial charge in [-0.05, 0) is 76.0 Å². The summed E-state index contributed by atoms with van der Waals surface area (Å²) in [6, 6.07) is 8.90. The van der Waals surface area contributed by atoms with Crippen LogP contribution in [-0.2, 0) is 0 Å². The van der Waals surface area contributed by atoms with E-state index in [1.807, 2.05) is 39.0 Å². The standard InChI is InChI=1S/C24H28N2O4.ClH/c1-15-11-16(2)23-18(12-15)20(27)13-22(30-23)24(28)25-14-19(21-8-7-17(3)29-21)26-9-5-4-6-10-26;/h7-8,11-13,19H,4-6,9-10,14H2,1-3H3,(H,25,28);1H. The van der Waals surface area contributed by atoms with Crippen LogP contribution in [-0.4, -0.2) is 30.4 Å². The third-order valence-electron chi connectivity index (χ3n) is 5.76. The molecule has 1 atom stereocenters. The lowest BCUT2D eigenvalue weighted by molar-refractivity contribution is 0.0887. The van der Waals surface area contributed by atoms with Crippen LogP contribution in [0.4, 0.5) is 0 Å². The van der Waals surface area contributed by atoms with Gasteiger partial charge >= 0.3 is 0 Å². The zero-order chi connectivity index (χ0) is 21.3. The van der Waals surface area contributed by atoms with Gasteiger partial charge in [-0.1, -0.05) is 12.5 Å². The average molecular weight is 445 g/mol. The Morgan fingerprint density at radius 2 is 1.81 bits per heavy atom. The summed E-state index contributed by atoms with van der Waals surface area (Å²) >= 11 is 0. The Morgan fingerprint density at radius 3 is 2.48 bits per heavy atom. The number of carbonyl (C=O) groups excluding carboxylic acids is 1. The summed E-state index contributed by atoms with van der Waals surface area (Å²) in [6.45, 7) is 8.08. The minimum absolute atomic E-state index is 0. The molecule has 166 valence electrons. The molecule has 0 spiro atoms. The molecule has 1 saturated heterocycles. The minimum atomic E-state index is -0.390. The SMILES string of the molecule is Cc1cc(C)c2oc(C(=O)NCC(c3ccc(C)o3)N3CCCCC3)cc(=O)c2c1.Cl. The maximum Gasteiger partial charge on any atom is 0.287 e. The lowest BCUT2D eigenvalue weighted by atomic mass is 10.1. The van der Waals surface area contributed by atoms with Crippen molar-refractivity contribution < 1.29 is 13.6 Å². The van der Waals surface area contributed by atoms with Crippen molar-refractivity contribution in [3.05, 3.63) is 69.0 Å². The summed E-state index contributed by atoms with van der Waals surface area (Å²) in [5, 5.41) is 3.45. The van der Waals surface area contributed by atoms with Gasteiger partial charge in [0.15, 0.2) is 11.2 Å². The van der Waals surface area contributed by atoms with E-state index in [0.717, 1.165) is 48.6 Å². The zero-order valence-corrected chi connectivity index (χ0v) is 19.0. The molecular weight excluding hydrogens is 416 g/mol. The highest BCUT2D eigenvalue weighted by Gasteiger charge is 2.26. The molecule has 1 aliphatic rings. The molecule has 3 heterocycles. The number of carbonyl (C=O) groups is 1. The fourth-order valence-corrected chi connectivity index (χ4v) is 4.27. The van der Waals surface area contributed by atoms with Gasteiger partial charge in [0.05, 0.1) is 11.4 Å². The number of amides is 1. The van der Waals surface area contributed by atoms with Crippen molar-refractivity contribution in [2.75, 3.05) is 19.6 Å². The summed E-state index contributed by atoms with van der Waals surface area (Å²) in [5.74, 6) is 1.34. The maximum atomic E-state index is 12.8. The molecule has 1 unspecified atom stereocenters. The lowest BCUT2D eigenvalue weighted by Gasteiger charge is -2.33. The van der Waals surface area contributed by atoms with Gasteiger partial charge in [0.2, 0.25) is 0 Å². The van der Waals surface area contributed by atoms with Gasteiger partial charge in [-0.3, -0.25) is 14.5 Å². The van der Waals surface area contributed by atoms with Gasteiger partial charge in [-0.15, -0.1) is 12.4 Å². The van der Waals surface area contributed by atoms with Gasteiger partial charge in [0, 0.05) is 12.6 Å². The topological polar surface area (TPSA) is 75.7 Å². The first-order chi connectivity index (χ1) is 14.4. The number of nitrogens with zero attached hydrogens (tertiary/aromatic N) is 1. The summed E-state index contributed by atoms with van der Waals surface area (Å²) in [6.07, 6.45) is 3.51. The highest BCUT2D eigenvalue weighted by atomic mass is 35.5. The molecule has 1 aliphatic heterocycles. The Kier molecular flexibility index (Phi) is 7.23. The molecule has 0 bridgehead atoms. The van der Waals surface area contributed by atoms with Crippen LogP contribution in [0.15, 0.2) is 44.0 Å². The van der Waals surface area contributed by atoms with Crippen molar-refractivity contribution in [1.82, 2.24) is 10.2 Å². The summed E-state index contributed by atoms with van der Waals surface area (Å²) in [7, 11) is 0. The molecule has 1 N–H and O–H groups in total. The van der Waals surface area contributed by atoms with Crippen molar-refractivity contribution in [2.45, 2.75) is 46.1 Å². The molecule has 2 aromatic heterocycles. The van der Waals surface area contributed by atoms with E-state index in [1.54, 1.807) is 6.07 Å². The number of piperidine rings is 1. The van der Waals surface area contributed by atoms with Crippen LogP contribution in [0, 0.1) is 20.8 Å². The molecular formula is C24H29ClN2O4. The Hall–Kier alpha value is -2.57. The maximum absolute atomic E-state index is 12.8. The predicted octanol–water partition coefficient (Wildman–Crippen LogP) is 4.69. The van der Waals surface area contributed by atoms with Gasteiger partial charge in [0.25, 0.3) is 5.91 Å². The van der Waals surface area contributed by atoms with Crippen LogP contribution in [0.3, 0.4) is 0 Å². The number of fused-ring (bicyclic) bond motifs is 1. The summed E-state index contributed by atoms with van der Waals surface area (Å²) < 4.78 is 11.7. The summed E-state index contributed by atoms with van der Waals surface area (Å²) in [5.41, 5.74) is 2.09. The number of furan rings is 1. The molecule has 4 rings (SSSR count). The van der Waals surface area contributed by atoms with E-state index in [-0.39, 0.29) is 35.5 Å². The average Bonchev–Trinajstić information content (AvgIpc) is 3.15. The largest absolute Gasteiger partial charge is 0.465 e. The lowest BCUT2D eigenvalue weighted by Crippen LogP contribution is -2.40. The van der Waals surface area contributed by atoms with Crippen molar-refractivity contribution >= 4 is 29.3 Å². The number of halogens is 1. The molecule has 31 heavy (non-hydrogen) atoms. The second kappa shape index (κ2) is 9.71. The van der Waals surface area contributed by atoms with Crippen LogP contribution in [0.2, 0.25) is 0 Å². The molecule has 1 aromatic carbocycles. The summed E-state index contributed by atoms with van der Waals surface area (Å²) in [4.78, 5) is 27.8. The predicted molar refractivity (Wildman–Crippen MR) is 123 cm³/mol. The van der Waals surface area contributed by atoms with E-state index in [0.29, 0.717) is 17.5 Å². The van der Waals surface area contributed by atoms with Crippen molar-refractivity contribution in [3.63, 3.8) is 0 Å². The number of hydrogen-bond acceptors (Lipinski definition) is 5. The van der Waals surface area contributed by atoms with E-state index < -0.39 is 0 Å². The highest BCUT2D eigenvalue weighted by molar-refractivity contribution is 5.93. The van der Waals surface area contributed by atoms with E-state index in [2.05, 4.69) is 10.2 Å². The molecule has 6 nitrogen and oxygen atoms in total. The number of hydrogen-bond donors (Lipinski definition) is 1. The van der Waals surface area contributed by atoms with Crippen molar-refractivity contribution in [2.24, 2.45) is 0 Å². The highest BCUT2D eigenvalue weighted by Crippen LogP contribution is 2.26. The molecule has 0 saturated carbocycles. The number of rotatable bonds is 5. The number of nitrogens with one attached hydrogen (secondary N) is 1. The molecule has 0 radical (unpaired) electrons. The minimum Gasteiger partial charge on any atom is -0.465 e. The Balaban J connectivity index is 0.00000272. The first-order valence-electron chi connectivity index (χ1n) is 10.6.